The Morgan fingerprint density at radius 2 is 1.74 bits per heavy atom. The van der Waals surface area contributed by atoms with Gasteiger partial charge in [-0.1, -0.05) is 57.0 Å². The van der Waals surface area contributed by atoms with Crippen LogP contribution in [-0.4, -0.2) is 16.3 Å². The standard InChI is InChI=1S/C17H26N4S2/c1-12-7-6-10-15(13(12)2)19-17(23)21-20-16(22)18-11-14-8-4-3-5-9-14/h3-5,8-9,12-13,15H,6-7,10-11H2,1-2H3,(H2,18,20,22)(H2,19,21,23)/t12-,13+,15-/m0/s1. The molecule has 23 heavy (non-hydrogen) atoms. The number of rotatable bonds is 3. The molecule has 0 amide bonds. The molecule has 6 heteroatoms. The number of hydrogen-bond acceptors (Lipinski definition) is 2. The average molecular weight is 351 g/mol. The molecule has 3 atom stereocenters. The molecule has 4 nitrogen and oxygen atoms in total. The maximum atomic E-state index is 5.35. The topological polar surface area (TPSA) is 48.1 Å². The molecule has 1 aromatic carbocycles. The van der Waals surface area contributed by atoms with Crippen LogP contribution < -0.4 is 21.5 Å². The Hall–Kier alpha value is -1.40. The first-order chi connectivity index (χ1) is 11.1. The molecule has 0 heterocycles. The average Bonchev–Trinajstić information content (AvgIpc) is 2.56. The van der Waals surface area contributed by atoms with Crippen molar-refractivity contribution in [1.82, 2.24) is 21.5 Å². The fraction of sp³-hybridized carbons (Fsp3) is 0.529. The van der Waals surface area contributed by atoms with Crippen LogP contribution in [0.3, 0.4) is 0 Å². The summed E-state index contributed by atoms with van der Waals surface area (Å²) in [6.07, 6.45) is 3.74. The molecule has 2 rings (SSSR count). The summed E-state index contributed by atoms with van der Waals surface area (Å²) in [5.74, 6) is 1.37. The number of hydrazine groups is 1. The van der Waals surface area contributed by atoms with E-state index in [1.165, 1.54) is 24.8 Å². The highest BCUT2D eigenvalue weighted by atomic mass is 32.1. The predicted octanol–water partition coefficient (Wildman–Crippen LogP) is 2.85. The summed E-state index contributed by atoms with van der Waals surface area (Å²) in [7, 11) is 0. The molecule has 0 radical (unpaired) electrons. The number of thiocarbonyl (C=S) groups is 2. The Balaban J connectivity index is 1.66. The van der Waals surface area contributed by atoms with Crippen LogP contribution >= 0.6 is 24.4 Å². The summed E-state index contributed by atoms with van der Waals surface area (Å²) in [6.45, 7) is 5.30. The minimum absolute atomic E-state index is 0.436. The molecule has 0 unspecified atom stereocenters. The van der Waals surface area contributed by atoms with Crippen molar-refractivity contribution < 1.29 is 0 Å². The Kier molecular flexibility index (Phi) is 7.05. The fourth-order valence-corrected chi connectivity index (χ4v) is 3.25. The van der Waals surface area contributed by atoms with E-state index in [0.717, 1.165) is 5.92 Å². The Bertz CT molecular complexity index is 521. The van der Waals surface area contributed by atoms with E-state index in [-0.39, 0.29) is 0 Å². The van der Waals surface area contributed by atoms with E-state index in [1.807, 2.05) is 18.2 Å². The second kappa shape index (κ2) is 9.03. The lowest BCUT2D eigenvalue weighted by Gasteiger charge is -2.35. The van der Waals surface area contributed by atoms with Crippen LogP contribution in [0.15, 0.2) is 30.3 Å². The molecule has 0 aliphatic heterocycles. The van der Waals surface area contributed by atoms with Crippen LogP contribution in [0.2, 0.25) is 0 Å². The van der Waals surface area contributed by atoms with E-state index in [0.29, 0.717) is 28.7 Å². The van der Waals surface area contributed by atoms with Gasteiger partial charge in [0.05, 0.1) is 0 Å². The van der Waals surface area contributed by atoms with Gasteiger partial charge in [0.1, 0.15) is 0 Å². The van der Waals surface area contributed by atoms with E-state index >= 15 is 0 Å². The third-order valence-corrected chi connectivity index (χ3v) is 5.08. The maximum absolute atomic E-state index is 5.35. The third kappa shape index (κ3) is 5.95. The lowest BCUT2D eigenvalue weighted by atomic mass is 9.78. The summed E-state index contributed by atoms with van der Waals surface area (Å²) in [5, 5.41) is 7.67. The van der Waals surface area contributed by atoms with E-state index in [4.69, 9.17) is 24.4 Å². The van der Waals surface area contributed by atoms with Gasteiger partial charge in [-0.05, 0) is 48.3 Å². The molecule has 0 aromatic heterocycles. The molecular weight excluding hydrogens is 324 g/mol. The molecule has 1 aliphatic carbocycles. The molecule has 1 saturated carbocycles. The van der Waals surface area contributed by atoms with Crippen molar-refractivity contribution in [2.24, 2.45) is 11.8 Å². The first kappa shape index (κ1) is 17.9. The van der Waals surface area contributed by atoms with Gasteiger partial charge < -0.3 is 10.6 Å². The quantitative estimate of drug-likeness (QED) is 0.497. The number of nitrogens with one attached hydrogen (secondary N) is 4. The summed E-state index contributed by atoms with van der Waals surface area (Å²) in [5.41, 5.74) is 7.09. The van der Waals surface area contributed by atoms with Crippen molar-refractivity contribution in [3.8, 4) is 0 Å². The normalized spacial score (nSPS) is 23.7. The highest BCUT2D eigenvalue weighted by molar-refractivity contribution is 7.80. The molecule has 1 aliphatic rings. The molecule has 0 spiro atoms. The third-order valence-electron chi connectivity index (χ3n) is 4.61. The lowest BCUT2D eigenvalue weighted by molar-refractivity contribution is 0.224. The van der Waals surface area contributed by atoms with Crippen molar-refractivity contribution in [1.29, 1.82) is 0 Å². The van der Waals surface area contributed by atoms with Gasteiger partial charge in [-0.15, -0.1) is 0 Å². The fourth-order valence-electron chi connectivity index (χ4n) is 2.93. The first-order valence-corrected chi connectivity index (χ1v) is 9.02. The van der Waals surface area contributed by atoms with Crippen LogP contribution in [0, 0.1) is 11.8 Å². The van der Waals surface area contributed by atoms with Crippen LogP contribution in [0.1, 0.15) is 38.7 Å². The van der Waals surface area contributed by atoms with E-state index < -0.39 is 0 Å². The second-order valence-electron chi connectivity index (χ2n) is 6.27. The molecular formula is C17H26N4S2. The monoisotopic (exact) mass is 350 g/mol. The molecule has 1 fully saturated rings. The Labute approximate surface area is 149 Å². The van der Waals surface area contributed by atoms with Gasteiger partial charge in [0, 0.05) is 12.6 Å². The minimum Gasteiger partial charge on any atom is -0.358 e. The number of hydrogen-bond donors (Lipinski definition) is 4. The summed E-state index contributed by atoms with van der Waals surface area (Å²) >= 11 is 10.6. The smallest absolute Gasteiger partial charge is 0.185 e. The summed E-state index contributed by atoms with van der Waals surface area (Å²) in [6, 6.07) is 10.6. The molecule has 0 bridgehead atoms. The van der Waals surface area contributed by atoms with Crippen molar-refractivity contribution in [3.63, 3.8) is 0 Å². The van der Waals surface area contributed by atoms with Crippen LogP contribution in [0.25, 0.3) is 0 Å². The zero-order valence-corrected chi connectivity index (χ0v) is 15.4. The Morgan fingerprint density at radius 1 is 1.04 bits per heavy atom. The van der Waals surface area contributed by atoms with Crippen molar-refractivity contribution in [3.05, 3.63) is 35.9 Å². The van der Waals surface area contributed by atoms with E-state index in [9.17, 15) is 0 Å². The first-order valence-electron chi connectivity index (χ1n) is 8.20. The number of benzene rings is 1. The Morgan fingerprint density at radius 3 is 2.48 bits per heavy atom. The van der Waals surface area contributed by atoms with Gasteiger partial charge in [-0.3, -0.25) is 10.9 Å². The van der Waals surface area contributed by atoms with Crippen LogP contribution in [-0.2, 0) is 6.54 Å². The summed E-state index contributed by atoms with van der Waals surface area (Å²) in [4.78, 5) is 0. The largest absolute Gasteiger partial charge is 0.358 e. The highest BCUT2D eigenvalue weighted by Gasteiger charge is 2.27. The van der Waals surface area contributed by atoms with Gasteiger partial charge in [0.25, 0.3) is 0 Å². The van der Waals surface area contributed by atoms with Gasteiger partial charge >= 0.3 is 0 Å². The summed E-state index contributed by atoms with van der Waals surface area (Å²) < 4.78 is 0. The van der Waals surface area contributed by atoms with Gasteiger partial charge in [-0.2, -0.15) is 0 Å². The SMILES string of the molecule is C[C@H]1[C@@H](NC(=S)NNC(=S)NCc2ccccc2)CCC[C@@H]1C. The van der Waals surface area contributed by atoms with Crippen LogP contribution in [0.5, 0.6) is 0 Å². The van der Waals surface area contributed by atoms with Gasteiger partial charge in [0.2, 0.25) is 0 Å². The maximum Gasteiger partial charge on any atom is 0.185 e. The van der Waals surface area contributed by atoms with Crippen molar-refractivity contribution in [2.75, 3.05) is 0 Å². The zero-order valence-electron chi connectivity index (χ0n) is 13.8. The molecule has 0 saturated heterocycles. The van der Waals surface area contributed by atoms with Crippen LogP contribution in [0.4, 0.5) is 0 Å². The van der Waals surface area contributed by atoms with E-state index in [2.05, 4.69) is 47.5 Å². The van der Waals surface area contributed by atoms with Gasteiger partial charge in [-0.25, -0.2) is 0 Å². The van der Waals surface area contributed by atoms with E-state index in [1.54, 1.807) is 0 Å². The minimum atomic E-state index is 0.436. The molecule has 4 N–H and O–H groups in total. The molecule has 1 aromatic rings. The second-order valence-corrected chi connectivity index (χ2v) is 7.08. The van der Waals surface area contributed by atoms with Crippen molar-refractivity contribution in [2.45, 2.75) is 45.7 Å². The predicted molar refractivity (Wildman–Crippen MR) is 104 cm³/mol. The highest BCUT2D eigenvalue weighted by Crippen LogP contribution is 2.29. The molecule has 126 valence electrons. The zero-order chi connectivity index (χ0) is 16.7. The van der Waals surface area contributed by atoms with Gasteiger partial charge in [0.15, 0.2) is 10.2 Å². The van der Waals surface area contributed by atoms with Crippen molar-refractivity contribution >= 4 is 34.7 Å². The lowest BCUT2D eigenvalue weighted by Crippen LogP contribution is -2.54.